The van der Waals surface area contributed by atoms with Crippen LogP contribution in [0.4, 0.5) is 5.69 Å². The highest BCUT2D eigenvalue weighted by molar-refractivity contribution is 6.04. The average Bonchev–Trinajstić information content (AvgIpc) is 3.29. The molecule has 0 aromatic heterocycles. The second-order valence-corrected chi connectivity index (χ2v) is 10.1. The molecule has 0 spiro atoms. The van der Waals surface area contributed by atoms with Crippen LogP contribution in [0.3, 0.4) is 0 Å². The molecular formula is C30H31N3O. The molecule has 4 heteroatoms. The van der Waals surface area contributed by atoms with Gasteiger partial charge in [-0.25, -0.2) is 0 Å². The van der Waals surface area contributed by atoms with Crippen LogP contribution in [-0.4, -0.2) is 16.9 Å². The van der Waals surface area contributed by atoms with Crippen LogP contribution in [0, 0.1) is 0 Å². The molecule has 34 heavy (non-hydrogen) atoms. The molecule has 1 heterocycles. The van der Waals surface area contributed by atoms with Gasteiger partial charge >= 0.3 is 0 Å². The van der Waals surface area contributed by atoms with Crippen LogP contribution < -0.4 is 10.5 Å². The van der Waals surface area contributed by atoms with Gasteiger partial charge in [0.2, 0.25) is 0 Å². The van der Waals surface area contributed by atoms with Crippen LogP contribution in [0.5, 0.6) is 5.75 Å². The van der Waals surface area contributed by atoms with E-state index in [9.17, 15) is 5.11 Å². The summed E-state index contributed by atoms with van der Waals surface area (Å²) in [5.74, 6) is 0.241. The minimum atomic E-state index is -0.414. The van der Waals surface area contributed by atoms with Crippen LogP contribution in [0.1, 0.15) is 49.9 Å². The van der Waals surface area contributed by atoms with Crippen molar-refractivity contribution in [2.75, 3.05) is 5.12 Å². The molecule has 1 aliphatic heterocycles. The third-order valence-electron chi connectivity index (χ3n) is 7.18. The summed E-state index contributed by atoms with van der Waals surface area (Å²) < 4.78 is 0. The summed E-state index contributed by atoms with van der Waals surface area (Å²) in [6.45, 7) is 8.78. The van der Waals surface area contributed by atoms with E-state index in [0.29, 0.717) is 5.69 Å². The molecule has 1 unspecified atom stereocenters. The Balaban J connectivity index is 1.70. The first kappa shape index (κ1) is 22.2. The van der Waals surface area contributed by atoms with Crippen LogP contribution in [0.2, 0.25) is 0 Å². The maximum Gasteiger partial charge on any atom is 0.146 e. The van der Waals surface area contributed by atoms with Crippen molar-refractivity contribution >= 4 is 11.4 Å². The number of nitrogens with one attached hydrogen (secondary N) is 1. The number of hydrazone groups is 1. The number of aromatic hydroxyl groups is 1. The number of hydrazine groups is 1. The van der Waals surface area contributed by atoms with Gasteiger partial charge in [-0.05, 0) is 28.8 Å². The number of phenolic OH excluding ortho intramolecular Hbond substituents is 1. The Hall–Kier alpha value is -3.63. The standard InChI is InChI=1S/C30H31N3O/c1-29(2,21-13-7-5-8-14-21)23-19-24(30(3,4)22-15-9-6-10-16-22)28(34)27(20-23)33-31-25-17-11-12-18-26(25)32-33/h5-20,25,31,34H,1-4H3. The molecule has 0 radical (unpaired) electrons. The number of anilines is 1. The number of nitrogens with zero attached hydrogens (tertiary/aromatic N) is 2. The summed E-state index contributed by atoms with van der Waals surface area (Å²) in [5, 5.41) is 18.2. The van der Waals surface area contributed by atoms with E-state index in [1.807, 2.05) is 42.5 Å². The highest BCUT2D eigenvalue weighted by Crippen LogP contribution is 2.46. The Morgan fingerprint density at radius 3 is 2.03 bits per heavy atom. The summed E-state index contributed by atoms with van der Waals surface area (Å²) >= 11 is 0. The summed E-state index contributed by atoms with van der Waals surface area (Å²) in [5.41, 5.74) is 8.67. The van der Waals surface area contributed by atoms with Crippen molar-refractivity contribution in [3.8, 4) is 5.75 Å². The zero-order valence-corrected chi connectivity index (χ0v) is 20.2. The lowest BCUT2D eigenvalue weighted by Crippen LogP contribution is -2.37. The number of rotatable bonds is 5. The lowest BCUT2D eigenvalue weighted by atomic mass is 9.72. The van der Waals surface area contributed by atoms with Crippen molar-refractivity contribution < 1.29 is 5.11 Å². The van der Waals surface area contributed by atoms with Crippen LogP contribution in [0.25, 0.3) is 0 Å². The van der Waals surface area contributed by atoms with Crippen molar-refractivity contribution in [2.24, 2.45) is 5.10 Å². The second-order valence-electron chi connectivity index (χ2n) is 10.1. The molecular weight excluding hydrogens is 418 g/mol. The predicted octanol–water partition coefficient (Wildman–Crippen LogP) is 6.22. The average molecular weight is 450 g/mol. The molecule has 0 saturated carbocycles. The molecule has 0 amide bonds. The van der Waals surface area contributed by atoms with Crippen LogP contribution >= 0.6 is 0 Å². The van der Waals surface area contributed by atoms with Gasteiger partial charge in [-0.1, -0.05) is 113 Å². The number of allylic oxidation sites excluding steroid dienone is 2. The van der Waals surface area contributed by atoms with E-state index >= 15 is 0 Å². The van der Waals surface area contributed by atoms with Gasteiger partial charge in [-0.15, -0.1) is 0 Å². The molecule has 5 rings (SSSR count). The third kappa shape index (κ3) is 3.74. The molecule has 3 aromatic rings. The van der Waals surface area contributed by atoms with Crippen molar-refractivity contribution in [1.82, 2.24) is 5.43 Å². The Bertz CT molecular complexity index is 1290. The quantitative estimate of drug-likeness (QED) is 0.486. The zero-order valence-electron chi connectivity index (χ0n) is 20.2. The fourth-order valence-corrected chi connectivity index (χ4v) is 4.79. The molecule has 3 aromatic carbocycles. The van der Waals surface area contributed by atoms with Gasteiger partial charge < -0.3 is 5.11 Å². The number of benzene rings is 3. The highest BCUT2D eigenvalue weighted by atomic mass is 16.3. The molecule has 4 nitrogen and oxygen atoms in total. The van der Waals surface area contributed by atoms with Crippen LogP contribution in [0.15, 0.2) is 102 Å². The molecule has 1 aliphatic carbocycles. The normalized spacial score (nSPS) is 17.6. The molecule has 0 saturated heterocycles. The number of hydrogen-bond donors (Lipinski definition) is 2. The van der Waals surface area contributed by atoms with E-state index in [1.165, 1.54) is 5.56 Å². The second kappa shape index (κ2) is 8.30. The monoisotopic (exact) mass is 449 g/mol. The summed E-state index contributed by atoms with van der Waals surface area (Å²) in [4.78, 5) is 0. The smallest absolute Gasteiger partial charge is 0.146 e. The molecule has 0 fully saturated rings. The van der Waals surface area contributed by atoms with E-state index in [0.717, 1.165) is 22.4 Å². The Labute approximate surface area is 201 Å². The fraction of sp³-hybridized carbons (Fsp3) is 0.233. The maximum atomic E-state index is 11.7. The Morgan fingerprint density at radius 2 is 1.41 bits per heavy atom. The predicted molar refractivity (Wildman–Crippen MR) is 140 cm³/mol. The van der Waals surface area contributed by atoms with Crippen molar-refractivity contribution in [3.05, 3.63) is 119 Å². The van der Waals surface area contributed by atoms with Crippen molar-refractivity contribution in [2.45, 2.75) is 44.6 Å². The lowest BCUT2D eigenvalue weighted by molar-refractivity contribution is 0.449. The van der Waals surface area contributed by atoms with Crippen LogP contribution in [-0.2, 0) is 10.8 Å². The van der Waals surface area contributed by atoms with Gasteiger partial charge in [0.15, 0.2) is 0 Å². The van der Waals surface area contributed by atoms with Gasteiger partial charge in [-0.2, -0.15) is 15.6 Å². The van der Waals surface area contributed by atoms with E-state index in [4.69, 9.17) is 5.10 Å². The number of hydrogen-bond acceptors (Lipinski definition) is 4. The summed E-state index contributed by atoms with van der Waals surface area (Å²) in [6, 6.07) is 25.1. The topological polar surface area (TPSA) is 47.9 Å². The van der Waals surface area contributed by atoms with Crippen molar-refractivity contribution in [3.63, 3.8) is 0 Å². The first-order chi connectivity index (χ1) is 16.3. The van der Waals surface area contributed by atoms with E-state index in [2.05, 4.69) is 87.7 Å². The van der Waals surface area contributed by atoms with E-state index < -0.39 is 5.41 Å². The third-order valence-corrected chi connectivity index (χ3v) is 7.18. The van der Waals surface area contributed by atoms with Gasteiger partial charge in [-0.3, -0.25) is 0 Å². The van der Waals surface area contributed by atoms with E-state index in [-0.39, 0.29) is 17.2 Å². The van der Waals surface area contributed by atoms with Gasteiger partial charge in [0, 0.05) is 16.4 Å². The molecule has 172 valence electrons. The van der Waals surface area contributed by atoms with Gasteiger partial charge in [0.05, 0.1) is 11.8 Å². The molecule has 1 atom stereocenters. The minimum Gasteiger partial charge on any atom is -0.505 e. The van der Waals surface area contributed by atoms with E-state index in [1.54, 1.807) is 5.12 Å². The number of phenols is 1. The van der Waals surface area contributed by atoms with Gasteiger partial charge in [0.1, 0.15) is 11.4 Å². The Kier molecular flexibility index (Phi) is 5.41. The SMILES string of the molecule is CC(C)(c1ccccc1)c1cc(N2N=C3C=CC=CC3N2)c(O)c(C(C)(C)c2ccccc2)c1. The van der Waals surface area contributed by atoms with Crippen molar-refractivity contribution in [1.29, 1.82) is 0 Å². The fourth-order valence-electron chi connectivity index (χ4n) is 4.79. The summed E-state index contributed by atoms with van der Waals surface area (Å²) in [7, 11) is 0. The maximum absolute atomic E-state index is 11.7. The minimum absolute atomic E-state index is 0.000716. The Morgan fingerprint density at radius 1 is 0.794 bits per heavy atom. The summed E-state index contributed by atoms with van der Waals surface area (Å²) in [6.07, 6.45) is 8.07. The number of fused-ring (bicyclic) bond motifs is 1. The molecule has 2 N–H and O–H groups in total. The first-order valence-corrected chi connectivity index (χ1v) is 11.8. The largest absolute Gasteiger partial charge is 0.505 e. The molecule has 2 aliphatic rings. The lowest BCUT2D eigenvalue weighted by Gasteiger charge is -2.33. The zero-order chi connectivity index (χ0) is 23.9. The highest BCUT2D eigenvalue weighted by Gasteiger charge is 2.34. The van der Waals surface area contributed by atoms with Gasteiger partial charge in [0.25, 0.3) is 0 Å². The first-order valence-electron chi connectivity index (χ1n) is 11.8. The molecule has 0 bridgehead atoms.